The standard InChI is InChI=1S/C12H20FNS/c13-10-6-9-3-4-11(14-9)12(10)8-2-1-5-15-7-8/h8-12,14H,1-7H2. The van der Waals surface area contributed by atoms with Crippen LogP contribution >= 0.6 is 11.8 Å². The lowest BCUT2D eigenvalue weighted by molar-refractivity contribution is 0.0909. The molecule has 1 nitrogen and oxygen atoms in total. The van der Waals surface area contributed by atoms with Crippen molar-refractivity contribution in [3.05, 3.63) is 0 Å². The SMILES string of the molecule is FC1CC2CCC(N2)C1C1CCCSC1. The van der Waals surface area contributed by atoms with Crippen LogP contribution in [0.4, 0.5) is 4.39 Å². The number of hydrogen-bond donors (Lipinski definition) is 1. The molecule has 0 spiro atoms. The van der Waals surface area contributed by atoms with Gasteiger partial charge < -0.3 is 5.32 Å². The Morgan fingerprint density at radius 3 is 2.93 bits per heavy atom. The molecule has 3 saturated heterocycles. The number of nitrogens with one attached hydrogen (secondary N) is 1. The fraction of sp³-hybridized carbons (Fsp3) is 1.00. The average molecular weight is 229 g/mol. The van der Waals surface area contributed by atoms with Gasteiger partial charge in [-0.25, -0.2) is 4.39 Å². The molecular weight excluding hydrogens is 209 g/mol. The summed E-state index contributed by atoms with van der Waals surface area (Å²) in [5.74, 6) is 3.47. The smallest absolute Gasteiger partial charge is 0.106 e. The van der Waals surface area contributed by atoms with Crippen molar-refractivity contribution in [1.29, 1.82) is 0 Å². The molecule has 0 amide bonds. The molecule has 0 aromatic carbocycles. The van der Waals surface area contributed by atoms with E-state index in [9.17, 15) is 4.39 Å². The van der Waals surface area contributed by atoms with Gasteiger partial charge in [0.1, 0.15) is 6.17 Å². The van der Waals surface area contributed by atoms with Crippen molar-refractivity contribution in [1.82, 2.24) is 5.32 Å². The Labute approximate surface area is 95.6 Å². The highest BCUT2D eigenvalue weighted by molar-refractivity contribution is 7.99. The minimum atomic E-state index is -0.521. The van der Waals surface area contributed by atoms with Gasteiger partial charge >= 0.3 is 0 Å². The van der Waals surface area contributed by atoms with E-state index in [0.717, 1.165) is 6.42 Å². The summed E-state index contributed by atoms with van der Waals surface area (Å²) in [6.45, 7) is 0. The zero-order chi connectivity index (χ0) is 10.3. The van der Waals surface area contributed by atoms with Gasteiger partial charge in [0, 0.05) is 18.0 Å². The second kappa shape index (κ2) is 4.25. The van der Waals surface area contributed by atoms with Gasteiger partial charge in [0.05, 0.1) is 0 Å². The number of thioether (sulfide) groups is 1. The Bertz CT molecular complexity index is 230. The molecule has 3 heterocycles. The molecule has 3 aliphatic heterocycles. The van der Waals surface area contributed by atoms with E-state index in [4.69, 9.17) is 0 Å². The summed E-state index contributed by atoms with van der Waals surface area (Å²) in [6.07, 6.45) is 5.25. The normalized spacial score (nSPS) is 50.6. The second-order valence-electron chi connectivity index (χ2n) is 5.35. The van der Waals surface area contributed by atoms with Crippen LogP contribution < -0.4 is 5.32 Å². The van der Waals surface area contributed by atoms with E-state index in [-0.39, 0.29) is 0 Å². The van der Waals surface area contributed by atoms with E-state index in [1.807, 2.05) is 11.8 Å². The minimum Gasteiger partial charge on any atom is -0.311 e. The summed E-state index contributed by atoms with van der Waals surface area (Å²) in [5.41, 5.74) is 0. The molecule has 5 atom stereocenters. The Hall–Kier alpha value is 0.240. The third-order valence-corrected chi connectivity index (χ3v) is 5.65. The summed E-state index contributed by atoms with van der Waals surface area (Å²) < 4.78 is 14.1. The van der Waals surface area contributed by atoms with E-state index in [1.54, 1.807) is 0 Å². The van der Waals surface area contributed by atoms with E-state index >= 15 is 0 Å². The van der Waals surface area contributed by atoms with Crippen molar-refractivity contribution in [2.45, 2.75) is 50.4 Å². The summed E-state index contributed by atoms with van der Waals surface area (Å²) in [7, 11) is 0. The molecule has 2 bridgehead atoms. The molecule has 3 aliphatic rings. The van der Waals surface area contributed by atoms with E-state index in [1.165, 1.54) is 37.2 Å². The fourth-order valence-corrected chi connectivity index (χ4v) is 4.94. The summed E-state index contributed by atoms with van der Waals surface area (Å²) >= 11 is 2.03. The molecule has 86 valence electrons. The Kier molecular flexibility index (Phi) is 2.94. The van der Waals surface area contributed by atoms with Crippen LogP contribution in [0.5, 0.6) is 0 Å². The molecule has 3 fully saturated rings. The van der Waals surface area contributed by atoms with Crippen molar-refractivity contribution < 1.29 is 4.39 Å². The second-order valence-corrected chi connectivity index (χ2v) is 6.50. The molecule has 5 unspecified atom stereocenters. The van der Waals surface area contributed by atoms with Crippen molar-refractivity contribution in [3.63, 3.8) is 0 Å². The first kappa shape index (κ1) is 10.4. The molecule has 0 aromatic rings. The number of rotatable bonds is 1. The molecule has 1 N–H and O–H groups in total. The van der Waals surface area contributed by atoms with Crippen molar-refractivity contribution in [2.24, 2.45) is 11.8 Å². The highest BCUT2D eigenvalue weighted by Gasteiger charge is 2.45. The van der Waals surface area contributed by atoms with Crippen molar-refractivity contribution in [2.75, 3.05) is 11.5 Å². The molecule has 0 aliphatic carbocycles. The topological polar surface area (TPSA) is 12.0 Å². The maximum atomic E-state index is 14.1. The highest BCUT2D eigenvalue weighted by Crippen LogP contribution is 2.41. The predicted molar refractivity (Wildman–Crippen MR) is 63.0 cm³/mol. The van der Waals surface area contributed by atoms with Crippen LogP contribution in [-0.4, -0.2) is 29.8 Å². The monoisotopic (exact) mass is 229 g/mol. The molecule has 0 aromatic heterocycles. The Morgan fingerprint density at radius 1 is 1.20 bits per heavy atom. The van der Waals surface area contributed by atoms with Gasteiger partial charge in [-0.05, 0) is 49.5 Å². The van der Waals surface area contributed by atoms with Gasteiger partial charge in [0.25, 0.3) is 0 Å². The van der Waals surface area contributed by atoms with Crippen LogP contribution in [0.3, 0.4) is 0 Å². The molecular formula is C12H20FNS. The molecule has 0 radical (unpaired) electrons. The first-order chi connectivity index (χ1) is 7.34. The number of piperidine rings is 1. The van der Waals surface area contributed by atoms with Crippen LogP contribution in [0.25, 0.3) is 0 Å². The van der Waals surface area contributed by atoms with E-state index < -0.39 is 6.17 Å². The first-order valence-electron chi connectivity index (χ1n) is 6.32. The Morgan fingerprint density at radius 2 is 2.13 bits per heavy atom. The minimum absolute atomic E-state index is 0.330. The highest BCUT2D eigenvalue weighted by atomic mass is 32.2. The molecule has 15 heavy (non-hydrogen) atoms. The van der Waals surface area contributed by atoms with Crippen LogP contribution in [0.15, 0.2) is 0 Å². The average Bonchev–Trinajstić information content (AvgIpc) is 2.62. The van der Waals surface area contributed by atoms with Gasteiger partial charge in [0.2, 0.25) is 0 Å². The molecule has 3 heteroatoms. The quantitative estimate of drug-likeness (QED) is 0.742. The van der Waals surface area contributed by atoms with Crippen molar-refractivity contribution >= 4 is 11.8 Å². The van der Waals surface area contributed by atoms with Gasteiger partial charge in [-0.1, -0.05) is 0 Å². The molecule has 0 saturated carbocycles. The summed E-state index contributed by atoms with van der Waals surface area (Å²) in [6, 6.07) is 1.000. The predicted octanol–water partition coefficient (Wildman–Crippen LogP) is 2.61. The van der Waals surface area contributed by atoms with Crippen molar-refractivity contribution in [3.8, 4) is 0 Å². The van der Waals surface area contributed by atoms with Gasteiger partial charge in [-0.15, -0.1) is 0 Å². The van der Waals surface area contributed by atoms with Crippen LogP contribution in [0.2, 0.25) is 0 Å². The van der Waals surface area contributed by atoms with Crippen LogP contribution in [0, 0.1) is 11.8 Å². The van der Waals surface area contributed by atoms with Gasteiger partial charge in [0.15, 0.2) is 0 Å². The number of fused-ring (bicyclic) bond motifs is 2. The summed E-state index contributed by atoms with van der Waals surface area (Å²) in [5, 5.41) is 3.62. The van der Waals surface area contributed by atoms with Crippen LogP contribution in [-0.2, 0) is 0 Å². The lowest BCUT2D eigenvalue weighted by atomic mass is 9.78. The first-order valence-corrected chi connectivity index (χ1v) is 7.48. The third-order valence-electron chi connectivity index (χ3n) is 4.41. The third kappa shape index (κ3) is 1.93. The number of halogens is 1. The zero-order valence-corrected chi connectivity index (χ0v) is 9.94. The number of hydrogen-bond acceptors (Lipinski definition) is 2. The van der Waals surface area contributed by atoms with Gasteiger partial charge in [-0.3, -0.25) is 0 Å². The zero-order valence-electron chi connectivity index (χ0n) is 9.12. The Balaban J connectivity index is 1.71. The maximum absolute atomic E-state index is 14.1. The largest absolute Gasteiger partial charge is 0.311 e. The fourth-order valence-electron chi connectivity index (χ4n) is 3.71. The maximum Gasteiger partial charge on any atom is 0.106 e. The van der Waals surface area contributed by atoms with E-state index in [2.05, 4.69) is 5.32 Å². The molecule has 3 rings (SSSR count). The van der Waals surface area contributed by atoms with E-state index in [0.29, 0.717) is 23.9 Å². The summed E-state index contributed by atoms with van der Waals surface area (Å²) in [4.78, 5) is 0. The van der Waals surface area contributed by atoms with Crippen LogP contribution in [0.1, 0.15) is 32.1 Å². The lowest BCUT2D eigenvalue weighted by Crippen LogP contribution is -2.50. The number of alkyl halides is 1. The van der Waals surface area contributed by atoms with Gasteiger partial charge in [-0.2, -0.15) is 11.8 Å². The lowest BCUT2D eigenvalue weighted by Gasteiger charge is -2.39.